The summed E-state index contributed by atoms with van der Waals surface area (Å²) in [5.41, 5.74) is 9.60. The maximum Gasteiger partial charge on any atom is 0.253 e. The number of pyridine rings is 3. The Balaban J connectivity index is 0.000000165. The number of piperidine rings is 2. The topological polar surface area (TPSA) is 261 Å². The third-order valence-electron chi connectivity index (χ3n) is 16.3. The average molecular weight is 1360 g/mol. The molecule has 8 N–H and O–H groups in total. The van der Waals surface area contributed by atoms with Gasteiger partial charge in [0.2, 0.25) is 17.1 Å². The van der Waals surface area contributed by atoms with E-state index in [-0.39, 0.29) is 17.7 Å². The van der Waals surface area contributed by atoms with E-state index in [4.69, 9.17) is 48.1 Å². The van der Waals surface area contributed by atoms with Gasteiger partial charge >= 0.3 is 0 Å². The van der Waals surface area contributed by atoms with Gasteiger partial charge in [-0.25, -0.2) is 14.5 Å². The largest absolute Gasteiger partial charge is 0.494 e. The van der Waals surface area contributed by atoms with Crippen molar-refractivity contribution in [3.05, 3.63) is 202 Å². The molecule has 0 atom stereocenters. The molecule has 96 heavy (non-hydrogen) atoms. The molecular formula is C70H71BrN16O9. The average Bonchev–Trinajstić information content (AvgIpc) is 1.34. The lowest BCUT2D eigenvalue weighted by Gasteiger charge is -2.38. The van der Waals surface area contributed by atoms with Gasteiger partial charge in [0.15, 0.2) is 11.6 Å². The van der Waals surface area contributed by atoms with Gasteiger partial charge in [-0.05, 0) is 94.8 Å². The lowest BCUT2D eigenvalue weighted by Crippen LogP contribution is -2.45. The van der Waals surface area contributed by atoms with Crippen LogP contribution in [0.1, 0.15) is 56.8 Å². The summed E-state index contributed by atoms with van der Waals surface area (Å²) in [4.78, 5) is 64.4. The lowest BCUT2D eigenvalue weighted by atomic mass is 10.0. The molecule has 4 aliphatic heterocycles. The molecule has 5 aromatic carbocycles. The number of carbonyl (C=O) groups excluding carboxylic acids is 3. The summed E-state index contributed by atoms with van der Waals surface area (Å²) < 4.78 is 35.4. The molecule has 0 radical (unpaired) electrons. The normalized spacial score (nSPS) is 14.7. The number of para-hydroxylation sites is 3. The van der Waals surface area contributed by atoms with E-state index in [1.807, 2.05) is 54.6 Å². The summed E-state index contributed by atoms with van der Waals surface area (Å²) in [5.74, 6) is 0.931. The molecule has 3 aromatic heterocycles. The molecule has 4 fully saturated rings. The number of aromatic nitrogens is 3. The predicted octanol–water partition coefficient (Wildman–Crippen LogP) is 13.2. The molecule has 492 valence electrons. The zero-order valence-corrected chi connectivity index (χ0v) is 55.1. The summed E-state index contributed by atoms with van der Waals surface area (Å²) in [5, 5.41) is 24.0. The van der Waals surface area contributed by atoms with Gasteiger partial charge in [-0.2, -0.15) is 0 Å². The summed E-state index contributed by atoms with van der Waals surface area (Å²) >= 11 is 3.27. The number of hydrogen-bond acceptors (Lipinski definition) is 19. The molecule has 25 nitrogen and oxygen atoms in total. The first-order valence-electron chi connectivity index (χ1n) is 30.7. The summed E-state index contributed by atoms with van der Waals surface area (Å²) in [7, 11) is 8.00. The molecule has 4 saturated heterocycles. The van der Waals surface area contributed by atoms with Crippen LogP contribution in [0.4, 0.5) is 85.6 Å². The Bertz CT molecular complexity index is 4030. The van der Waals surface area contributed by atoms with Gasteiger partial charge in [-0.1, -0.05) is 36.4 Å². The van der Waals surface area contributed by atoms with Crippen LogP contribution in [0.15, 0.2) is 151 Å². The number of nitrogens with one attached hydrogen (secondary N) is 8. The number of rotatable bonds is 17. The van der Waals surface area contributed by atoms with Gasteiger partial charge in [0.05, 0.1) is 105 Å². The van der Waals surface area contributed by atoms with Gasteiger partial charge in [0, 0.05) is 132 Å². The minimum Gasteiger partial charge on any atom is -0.494 e. The lowest BCUT2D eigenvalue weighted by molar-refractivity contribution is -0.169. The smallest absolute Gasteiger partial charge is 0.253 e. The van der Waals surface area contributed by atoms with Crippen LogP contribution < -0.4 is 61.8 Å². The van der Waals surface area contributed by atoms with Crippen LogP contribution in [0, 0.1) is 19.7 Å². The van der Waals surface area contributed by atoms with Crippen molar-refractivity contribution >= 4 is 119 Å². The molecule has 26 heteroatoms. The van der Waals surface area contributed by atoms with Crippen molar-refractivity contribution in [3.8, 4) is 11.5 Å². The van der Waals surface area contributed by atoms with Crippen LogP contribution in [0.2, 0.25) is 0 Å². The second-order valence-corrected chi connectivity index (χ2v) is 22.8. The van der Waals surface area contributed by atoms with Crippen LogP contribution in [-0.4, -0.2) is 132 Å². The minimum atomic E-state index is -0.419. The molecule has 0 bridgehead atoms. The highest BCUT2D eigenvalue weighted by atomic mass is 79.9. The SMILES string of the molecule is [C-]#[N+]c1cnc(Br)cc1Nc1ccccc1C(=O)NC.[C-]#[N+]c1cnc(Nc2ccc(N3CCC4(CC3)OCCO4)cc2OC)cc1Nc1ccccc1C(=O)NC.[C-]#[N+]c1cnc(Nc2ccc(N3CCC4(CC3)OCCO4)cc2OC)cc1Nc1ccccc1C(=O)NC. The van der Waals surface area contributed by atoms with E-state index in [2.05, 4.69) is 97.8 Å². The van der Waals surface area contributed by atoms with Crippen LogP contribution in [-0.2, 0) is 18.9 Å². The predicted molar refractivity (Wildman–Crippen MR) is 373 cm³/mol. The third-order valence-corrected chi connectivity index (χ3v) is 16.7. The van der Waals surface area contributed by atoms with Crippen molar-refractivity contribution in [2.75, 3.05) is 124 Å². The maximum absolute atomic E-state index is 12.3. The fraction of sp³-hybridized carbons (Fsp3) is 0.271. The van der Waals surface area contributed by atoms with E-state index in [0.29, 0.717) is 122 Å². The highest BCUT2D eigenvalue weighted by Gasteiger charge is 2.41. The first-order chi connectivity index (χ1) is 46.7. The summed E-state index contributed by atoms with van der Waals surface area (Å²) in [6.45, 7) is 28.3. The molecule has 0 saturated carbocycles. The van der Waals surface area contributed by atoms with Gasteiger partial charge in [-0.15, -0.1) is 0 Å². The molecule has 12 rings (SSSR count). The number of hydrogen-bond donors (Lipinski definition) is 8. The van der Waals surface area contributed by atoms with E-state index in [9.17, 15) is 14.4 Å². The van der Waals surface area contributed by atoms with Crippen molar-refractivity contribution in [1.29, 1.82) is 0 Å². The van der Waals surface area contributed by atoms with Crippen LogP contribution in [0.3, 0.4) is 0 Å². The maximum atomic E-state index is 12.3. The van der Waals surface area contributed by atoms with Crippen molar-refractivity contribution in [1.82, 2.24) is 30.9 Å². The zero-order chi connectivity index (χ0) is 67.6. The molecule has 7 heterocycles. The standard InChI is InChI=1S/2C28H30N6O4.C14H11BrN4O/c2*1-29-24-18-31-26(17-23(24)32-21-7-5-4-6-20(21)27(35)30-2)33-22-9-8-19(16-25(22)36-3)34-12-10-28(11-13-34)37-14-15-38-28;1-16-12-8-18-13(15)7-11(12)19-10-6-4-3-5-9(10)14(20)17-2/h2*4-9,16-18H,10-15H2,2-3H3,(H,30,35)(H2,31,32,33);3-8H,2H3,(H,17,20)(H,18,19). The van der Waals surface area contributed by atoms with Crippen molar-refractivity contribution < 1.29 is 42.8 Å². The number of halogens is 1. The Kier molecular flexibility index (Phi) is 22.4. The highest BCUT2D eigenvalue weighted by molar-refractivity contribution is 9.10. The van der Waals surface area contributed by atoms with Crippen LogP contribution >= 0.6 is 15.9 Å². The Morgan fingerprint density at radius 2 is 0.781 bits per heavy atom. The van der Waals surface area contributed by atoms with Crippen LogP contribution in [0.5, 0.6) is 11.5 Å². The number of benzene rings is 5. The molecule has 2 spiro atoms. The number of amides is 3. The molecular weight excluding hydrogens is 1290 g/mol. The molecule has 8 aromatic rings. The Morgan fingerprint density at radius 3 is 1.11 bits per heavy atom. The molecule has 0 unspecified atom stereocenters. The number of carbonyl (C=O) groups is 3. The van der Waals surface area contributed by atoms with Crippen molar-refractivity contribution in [2.24, 2.45) is 0 Å². The summed E-state index contributed by atoms with van der Waals surface area (Å²) in [6, 6.07) is 38.6. The molecule has 4 aliphatic rings. The van der Waals surface area contributed by atoms with E-state index in [1.54, 1.807) is 108 Å². The number of methoxy groups -OCH3 is 2. The molecule has 3 amide bonds. The first kappa shape index (κ1) is 67.8. The van der Waals surface area contributed by atoms with Gasteiger partial charge in [0.25, 0.3) is 17.7 Å². The zero-order valence-electron chi connectivity index (χ0n) is 53.5. The van der Waals surface area contributed by atoms with E-state index in [1.165, 1.54) is 18.6 Å². The third kappa shape index (κ3) is 16.3. The number of ether oxygens (including phenoxy) is 6. The van der Waals surface area contributed by atoms with Gasteiger partial charge in [-0.3, -0.25) is 29.3 Å². The first-order valence-corrected chi connectivity index (χ1v) is 31.5. The second-order valence-electron chi connectivity index (χ2n) is 22.0. The molecule has 0 aliphatic carbocycles. The van der Waals surface area contributed by atoms with E-state index >= 15 is 0 Å². The van der Waals surface area contributed by atoms with Crippen LogP contribution in [0.25, 0.3) is 14.5 Å². The fourth-order valence-corrected chi connectivity index (χ4v) is 11.6. The monoisotopic (exact) mass is 1360 g/mol. The van der Waals surface area contributed by atoms with Gasteiger partial charge in [0.1, 0.15) is 27.7 Å². The summed E-state index contributed by atoms with van der Waals surface area (Å²) in [6.07, 6.45) is 7.77. The van der Waals surface area contributed by atoms with E-state index in [0.717, 1.165) is 74.6 Å². The Hall–Kier alpha value is -11.1. The Labute approximate surface area is 564 Å². The Morgan fingerprint density at radius 1 is 0.448 bits per heavy atom. The van der Waals surface area contributed by atoms with Crippen molar-refractivity contribution in [3.63, 3.8) is 0 Å². The van der Waals surface area contributed by atoms with Crippen molar-refractivity contribution in [2.45, 2.75) is 37.3 Å². The fourth-order valence-electron chi connectivity index (χ4n) is 11.3. The quantitative estimate of drug-likeness (QED) is 0.0311. The van der Waals surface area contributed by atoms with Gasteiger partial charge < -0.3 is 80.8 Å². The highest BCUT2D eigenvalue weighted by Crippen LogP contribution is 2.41. The minimum absolute atomic E-state index is 0.189. The van der Waals surface area contributed by atoms with E-state index < -0.39 is 11.6 Å². The number of anilines is 12. The second kappa shape index (κ2) is 31.7. The number of nitrogens with zero attached hydrogens (tertiary/aromatic N) is 8.